The number of nitrogens with one attached hydrogen (secondary N) is 2. The van der Waals surface area contributed by atoms with Crippen molar-refractivity contribution in [2.45, 2.75) is 24.4 Å². The Morgan fingerprint density at radius 2 is 1.83 bits per heavy atom. The highest BCUT2D eigenvalue weighted by Gasteiger charge is 2.29. The number of aliphatic imine (C=N–C) groups is 1. The Kier molecular flexibility index (Phi) is 5.62. The zero-order valence-corrected chi connectivity index (χ0v) is 17.0. The number of amidine groups is 1. The molecule has 154 valence electrons. The van der Waals surface area contributed by atoms with Crippen molar-refractivity contribution in [2.24, 2.45) is 4.99 Å². The van der Waals surface area contributed by atoms with Gasteiger partial charge in [0.2, 0.25) is 5.91 Å². The Balaban J connectivity index is 1.26. The van der Waals surface area contributed by atoms with Crippen LogP contribution in [0.4, 0.5) is 0 Å². The Labute approximate surface area is 174 Å². The summed E-state index contributed by atoms with van der Waals surface area (Å²) in [5.41, 5.74) is 2.66. The van der Waals surface area contributed by atoms with Gasteiger partial charge in [0.25, 0.3) is 10.0 Å². The fourth-order valence-corrected chi connectivity index (χ4v) is 4.40. The van der Waals surface area contributed by atoms with Gasteiger partial charge in [0.15, 0.2) is 0 Å². The number of sulfonamides is 1. The Hall–Kier alpha value is -3.46. The van der Waals surface area contributed by atoms with Crippen molar-refractivity contribution in [3.05, 3.63) is 83.7 Å². The van der Waals surface area contributed by atoms with Crippen LogP contribution in [0.15, 0.2) is 76.9 Å². The molecule has 9 heteroatoms. The van der Waals surface area contributed by atoms with Gasteiger partial charge in [-0.3, -0.25) is 19.2 Å². The molecule has 30 heavy (non-hydrogen) atoms. The lowest BCUT2D eigenvalue weighted by molar-refractivity contribution is -0.121. The van der Waals surface area contributed by atoms with Crippen molar-refractivity contribution in [1.29, 1.82) is 0 Å². The number of carbonyl (C=O) groups excluding carboxylic acids is 1. The number of carbonyl (C=O) groups is 1. The Morgan fingerprint density at radius 3 is 2.60 bits per heavy atom. The molecule has 2 N–H and O–H groups in total. The quantitative estimate of drug-likeness (QED) is 0.603. The molecular weight excluding hydrogens is 402 g/mol. The lowest BCUT2D eigenvalue weighted by atomic mass is 10.1. The van der Waals surface area contributed by atoms with Crippen LogP contribution < -0.4 is 10.0 Å². The molecule has 3 aromatic rings. The maximum Gasteiger partial charge on any atom is 0.263 e. The number of benzene rings is 2. The van der Waals surface area contributed by atoms with Crippen LogP contribution in [-0.4, -0.2) is 36.5 Å². The van der Waals surface area contributed by atoms with E-state index in [2.05, 4.69) is 20.1 Å². The molecule has 0 bridgehead atoms. The van der Waals surface area contributed by atoms with Crippen LogP contribution in [0.2, 0.25) is 0 Å². The third-order valence-electron chi connectivity index (χ3n) is 4.69. The average Bonchev–Trinajstić information content (AvgIpc) is 3.34. The molecule has 0 spiro atoms. The minimum Gasteiger partial charge on any atom is -0.352 e. The minimum atomic E-state index is -3.56. The van der Waals surface area contributed by atoms with Crippen molar-refractivity contribution < 1.29 is 13.2 Å². The molecule has 0 aliphatic carbocycles. The SMILES string of the molecule is O=C(CCN=C1NS(=O)(=O)c2ccccc21)NCc1ccc(Cn2cccn2)cc1. The van der Waals surface area contributed by atoms with Crippen LogP contribution in [0.3, 0.4) is 0 Å². The fourth-order valence-electron chi connectivity index (χ4n) is 3.15. The highest BCUT2D eigenvalue weighted by Crippen LogP contribution is 2.22. The van der Waals surface area contributed by atoms with Crippen LogP contribution >= 0.6 is 0 Å². The highest BCUT2D eigenvalue weighted by molar-refractivity contribution is 7.90. The van der Waals surface area contributed by atoms with Crippen molar-refractivity contribution in [2.75, 3.05) is 6.54 Å². The monoisotopic (exact) mass is 423 g/mol. The normalized spacial score (nSPS) is 15.5. The van der Waals surface area contributed by atoms with Crippen LogP contribution in [0.25, 0.3) is 0 Å². The summed E-state index contributed by atoms with van der Waals surface area (Å²) in [6.07, 6.45) is 3.83. The predicted octanol–water partition coefficient (Wildman–Crippen LogP) is 1.68. The first-order valence-electron chi connectivity index (χ1n) is 9.50. The number of amides is 1. The number of rotatable bonds is 7. The summed E-state index contributed by atoms with van der Waals surface area (Å²) in [6, 6.07) is 16.5. The largest absolute Gasteiger partial charge is 0.352 e. The number of hydrogen-bond acceptors (Lipinski definition) is 5. The molecule has 4 rings (SSSR count). The molecule has 1 aliphatic heterocycles. The topological polar surface area (TPSA) is 105 Å². The van der Waals surface area contributed by atoms with E-state index in [0.717, 1.165) is 11.1 Å². The number of nitrogens with zero attached hydrogens (tertiary/aromatic N) is 3. The molecule has 0 saturated heterocycles. The molecule has 0 unspecified atom stereocenters. The number of aromatic nitrogens is 2. The van der Waals surface area contributed by atoms with Crippen molar-refractivity contribution in [1.82, 2.24) is 19.8 Å². The molecular formula is C21H21N5O3S. The van der Waals surface area contributed by atoms with Crippen LogP contribution in [0.1, 0.15) is 23.1 Å². The van der Waals surface area contributed by atoms with E-state index in [0.29, 0.717) is 18.7 Å². The first kappa shape index (κ1) is 19.8. The third-order valence-corrected chi connectivity index (χ3v) is 6.09. The van der Waals surface area contributed by atoms with Gasteiger partial charge in [0, 0.05) is 30.9 Å². The van der Waals surface area contributed by atoms with Crippen LogP contribution in [0.5, 0.6) is 0 Å². The summed E-state index contributed by atoms with van der Waals surface area (Å²) in [6.45, 7) is 1.32. The Bertz CT molecular complexity index is 1170. The molecule has 8 nitrogen and oxygen atoms in total. The van der Waals surface area contributed by atoms with E-state index in [1.807, 2.05) is 41.2 Å². The van der Waals surface area contributed by atoms with Crippen molar-refractivity contribution >= 4 is 21.8 Å². The first-order valence-corrected chi connectivity index (χ1v) is 11.0. The lowest BCUT2D eigenvalue weighted by Gasteiger charge is -2.07. The predicted molar refractivity (Wildman–Crippen MR) is 112 cm³/mol. The maximum absolute atomic E-state index is 12.1. The molecule has 0 radical (unpaired) electrons. The van der Waals surface area contributed by atoms with E-state index >= 15 is 0 Å². The second-order valence-electron chi connectivity index (χ2n) is 6.88. The smallest absolute Gasteiger partial charge is 0.263 e. The van der Waals surface area contributed by atoms with E-state index in [-0.39, 0.29) is 29.6 Å². The summed E-state index contributed by atoms with van der Waals surface area (Å²) < 4.78 is 28.4. The number of fused-ring (bicyclic) bond motifs is 1. The summed E-state index contributed by atoms with van der Waals surface area (Å²) >= 11 is 0. The van der Waals surface area contributed by atoms with E-state index < -0.39 is 10.0 Å². The molecule has 0 atom stereocenters. The summed E-state index contributed by atoms with van der Waals surface area (Å²) in [7, 11) is -3.56. The van der Waals surface area contributed by atoms with E-state index in [4.69, 9.17) is 0 Å². The maximum atomic E-state index is 12.1. The Morgan fingerprint density at radius 1 is 1.07 bits per heavy atom. The number of hydrogen-bond donors (Lipinski definition) is 2. The molecule has 2 aromatic carbocycles. The molecule has 2 heterocycles. The lowest BCUT2D eigenvalue weighted by Crippen LogP contribution is -2.25. The van der Waals surface area contributed by atoms with Gasteiger partial charge in [0.1, 0.15) is 5.84 Å². The van der Waals surface area contributed by atoms with Crippen LogP contribution in [-0.2, 0) is 27.9 Å². The van der Waals surface area contributed by atoms with Crippen molar-refractivity contribution in [3.63, 3.8) is 0 Å². The van der Waals surface area contributed by atoms with E-state index in [9.17, 15) is 13.2 Å². The van der Waals surface area contributed by atoms with Gasteiger partial charge in [0.05, 0.1) is 18.0 Å². The molecule has 0 fully saturated rings. The molecule has 1 aromatic heterocycles. The standard InChI is InChI=1S/C21H21N5O3S/c27-20(10-12-22-21-18-4-1-2-5-19(18)30(28,29)25-21)23-14-16-6-8-17(9-7-16)15-26-13-3-11-24-26/h1-9,11,13H,10,12,14-15H2,(H,22,25)(H,23,27). The molecule has 1 aliphatic rings. The summed E-state index contributed by atoms with van der Waals surface area (Å²) in [5.74, 6) is 0.139. The van der Waals surface area contributed by atoms with E-state index in [1.165, 1.54) is 6.07 Å². The van der Waals surface area contributed by atoms with Crippen LogP contribution in [0, 0.1) is 0 Å². The van der Waals surface area contributed by atoms with Gasteiger partial charge in [-0.05, 0) is 29.3 Å². The first-order chi connectivity index (χ1) is 14.5. The second kappa shape index (κ2) is 8.50. The van der Waals surface area contributed by atoms with Gasteiger partial charge < -0.3 is 5.32 Å². The highest BCUT2D eigenvalue weighted by atomic mass is 32.2. The van der Waals surface area contributed by atoms with Gasteiger partial charge in [-0.2, -0.15) is 5.10 Å². The van der Waals surface area contributed by atoms with Gasteiger partial charge in [-0.15, -0.1) is 0 Å². The van der Waals surface area contributed by atoms with Gasteiger partial charge in [-0.1, -0.05) is 36.4 Å². The van der Waals surface area contributed by atoms with Gasteiger partial charge in [-0.25, -0.2) is 8.42 Å². The summed E-state index contributed by atoms with van der Waals surface area (Å²) in [4.78, 5) is 16.6. The zero-order valence-electron chi connectivity index (χ0n) is 16.2. The zero-order chi connectivity index (χ0) is 21.0. The minimum absolute atomic E-state index is 0.144. The fraction of sp³-hybridized carbons (Fsp3) is 0.190. The summed E-state index contributed by atoms with van der Waals surface area (Å²) in [5, 5.41) is 7.04. The average molecular weight is 423 g/mol. The molecule has 0 saturated carbocycles. The van der Waals surface area contributed by atoms with Gasteiger partial charge >= 0.3 is 0 Å². The van der Waals surface area contributed by atoms with Crippen molar-refractivity contribution in [3.8, 4) is 0 Å². The second-order valence-corrected chi connectivity index (χ2v) is 8.53. The molecule has 1 amide bonds. The third kappa shape index (κ3) is 4.57. The van der Waals surface area contributed by atoms with E-state index in [1.54, 1.807) is 24.4 Å².